The summed E-state index contributed by atoms with van der Waals surface area (Å²) in [5, 5.41) is 4.64. The molecular weight excluding hydrogens is 330 g/mol. The Labute approximate surface area is 145 Å². The van der Waals surface area contributed by atoms with Crippen LogP contribution in [-0.2, 0) is 13.6 Å². The van der Waals surface area contributed by atoms with E-state index in [4.69, 9.17) is 21.1 Å². The van der Waals surface area contributed by atoms with E-state index >= 15 is 0 Å². The fourth-order valence-corrected chi connectivity index (χ4v) is 3.15. The summed E-state index contributed by atoms with van der Waals surface area (Å²) in [6, 6.07) is 5.69. The topological polar surface area (TPSA) is 56.6 Å². The van der Waals surface area contributed by atoms with E-state index in [9.17, 15) is 4.79 Å². The predicted octanol–water partition coefficient (Wildman–Crippen LogP) is 2.82. The monoisotopic (exact) mass is 349 g/mol. The van der Waals surface area contributed by atoms with Gasteiger partial charge in [0.15, 0.2) is 11.5 Å². The van der Waals surface area contributed by atoms with Crippen LogP contribution in [0.4, 0.5) is 0 Å². The summed E-state index contributed by atoms with van der Waals surface area (Å²) in [7, 11) is 3.34. The Kier molecular flexibility index (Phi) is 4.66. The Morgan fingerprint density at radius 2 is 2.21 bits per heavy atom. The quantitative estimate of drug-likeness (QED) is 0.836. The Morgan fingerprint density at radius 3 is 2.88 bits per heavy atom. The molecule has 1 aliphatic heterocycles. The lowest BCUT2D eigenvalue weighted by Crippen LogP contribution is -2.35. The van der Waals surface area contributed by atoms with Gasteiger partial charge in [-0.2, -0.15) is 5.10 Å². The number of para-hydroxylation sites is 1. The Bertz CT molecular complexity index is 773. The van der Waals surface area contributed by atoms with Crippen LogP contribution < -0.4 is 9.47 Å². The van der Waals surface area contributed by atoms with Gasteiger partial charge in [-0.25, -0.2) is 0 Å². The van der Waals surface area contributed by atoms with Crippen LogP contribution in [0.25, 0.3) is 0 Å². The summed E-state index contributed by atoms with van der Waals surface area (Å²) in [6.45, 7) is 3.35. The van der Waals surface area contributed by atoms with Crippen molar-refractivity contribution in [1.82, 2.24) is 14.7 Å². The third-order valence-electron chi connectivity index (χ3n) is 4.10. The average Bonchev–Trinajstić information content (AvgIpc) is 2.79. The lowest BCUT2D eigenvalue weighted by molar-refractivity contribution is 0.0710. The van der Waals surface area contributed by atoms with Gasteiger partial charge in [0.05, 0.1) is 24.4 Å². The molecule has 0 aliphatic carbocycles. The number of aryl methyl sites for hydroxylation is 2. The molecule has 1 aromatic carbocycles. The number of hydrogen-bond acceptors (Lipinski definition) is 4. The van der Waals surface area contributed by atoms with E-state index in [0.717, 1.165) is 12.0 Å². The number of fused-ring (bicyclic) bond motifs is 1. The number of carbonyl (C=O) groups is 1. The van der Waals surface area contributed by atoms with E-state index in [0.29, 0.717) is 47.6 Å². The van der Waals surface area contributed by atoms with Crippen molar-refractivity contribution in [3.63, 3.8) is 0 Å². The Balaban J connectivity index is 1.95. The molecule has 0 saturated carbocycles. The van der Waals surface area contributed by atoms with Crippen LogP contribution in [0.2, 0.25) is 5.02 Å². The molecule has 0 atom stereocenters. The minimum absolute atomic E-state index is 0.126. The number of halogens is 1. The van der Waals surface area contributed by atoms with Crippen LogP contribution in [0, 0.1) is 6.92 Å². The van der Waals surface area contributed by atoms with Crippen molar-refractivity contribution in [2.24, 2.45) is 7.05 Å². The maximum Gasteiger partial charge on any atom is 0.273 e. The maximum absolute atomic E-state index is 13.0. The molecule has 0 bridgehead atoms. The van der Waals surface area contributed by atoms with Crippen molar-refractivity contribution in [1.29, 1.82) is 0 Å². The molecule has 6 nitrogen and oxygen atoms in total. The minimum Gasteiger partial charge on any atom is -0.493 e. The highest BCUT2D eigenvalue weighted by molar-refractivity contribution is 6.34. The van der Waals surface area contributed by atoms with Crippen molar-refractivity contribution in [2.75, 3.05) is 20.3 Å². The number of methoxy groups -OCH3 is 1. The second-order valence-corrected chi connectivity index (χ2v) is 6.13. The Morgan fingerprint density at radius 1 is 1.42 bits per heavy atom. The molecule has 7 heteroatoms. The molecule has 0 radical (unpaired) electrons. The minimum atomic E-state index is -0.126. The average molecular weight is 350 g/mol. The number of carbonyl (C=O) groups excluding carboxylic acids is 1. The number of ether oxygens (including phenoxy) is 2. The van der Waals surface area contributed by atoms with E-state index in [1.165, 1.54) is 0 Å². The van der Waals surface area contributed by atoms with Crippen LogP contribution in [0.5, 0.6) is 11.5 Å². The maximum atomic E-state index is 13.0. The van der Waals surface area contributed by atoms with E-state index in [2.05, 4.69) is 5.10 Å². The summed E-state index contributed by atoms with van der Waals surface area (Å²) < 4.78 is 12.7. The molecule has 1 aliphatic rings. The number of amides is 1. The predicted molar refractivity (Wildman–Crippen MR) is 90.8 cm³/mol. The highest BCUT2D eigenvalue weighted by Gasteiger charge is 2.26. The number of benzene rings is 1. The number of nitrogens with zero attached hydrogens (tertiary/aromatic N) is 3. The highest BCUT2D eigenvalue weighted by Crippen LogP contribution is 2.33. The van der Waals surface area contributed by atoms with E-state index in [1.807, 2.05) is 18.2 Å². The van der Waals surface area contributed by atoms with E-state index < -0.39 is 0 Å². The van der Waals surface area contributed by atoms with Gasteiger partial charge in [0, 0.05) is 25.7 Å². The van der Waals surface area contributed by atoms with Gasteiger partial charge in [-0.3, -0.25) is 9.48 Å². The molecule has 2 heterocycles. The van der Waals surface area contributed by atoms with Gasteiger partial charge in [-0.1, -0.05) is 23.7 Å². The fourth-order valence-electron chi connectivity index (χ4n) is 2.91. The number of rotatable bonds is 2. The molecule has 2 aromatic rings. The van der Waals surface area contributed by atoms with Crippen LogP contribution in [0.1, 0.15) is 28.2 Å². The summed E-state index contributed by atoms with van der Waals surface area (Å²) in [4.78, 5) is 14.8. The largest absolute Gasteiger partial charge is 0.493 e. The summed E-state index contributed by atoms with van der Waals surface area (Å²) in [5.41, 5.74) is 1.98. The van der Waals surface area contributed by atoms with Gasteiger partial charge < -0.3 is 14.4 Å². The van der Waals surface area contributed by atoms with Crippen molar-refractivity contribution < 1.29 is 14.3 Å². The first-order chi connectivity index (χ1) is 11.5. The first kappa shape index (κ1) is 16.6. The third-order valence-corrected chi connectivity index (χ3v) is 4.55. The zero-order chi connectivity index (χ0) is 17.3. The third kappa shape index (κ3) is 2.94. The second-order valence-electron chi connectivity index (χ2n) is 5.75. The second kappa shape index (κ2) is 6.73. The van der Waals surface area contributed by atoms with Gasteiger partial charge in [0.2, 0.25) is 0 Å². The molecular formula is C17H20ClN3O3. The molecule has 1 amide bonds. The van der Waals surface area contributed by atoms with Gasteiger partial charge >= 0.3 is 0 Å². The number of hydrogen-bond donors (Lipinski definition) is 0. The molecule has 24 heavy (non-hydrogen) atoms. The SMILES string of the molecule is COc1cccc2c1OCCCN(C(=O)c1c(Cl)c(C)nn1C)C2. The van der Waals surface area contributed by atoms with Gasteiger partial charge in [0.1, 0.15) is 5.69 Å². The van der Waals surface area contributed by atoms with Crippen LogP contribution in [0.15, 0.2) is 18.2 Å². The van der Waals surface area contributed by atoms with Gasteiger partial charge in [-0.15, -0.1) is 0 Å². The molecule has 0 fully saturated rings. The molecule has 0 N–H and O–H groups in total. The van der Waals surface area contributed by atoms with Crippen molar-refractivity contribution in [2.45, 2.75) is 19.9 Å². The fraction of sp³-hybridized carbons (Fsp3) is 0.412. The van der Waals surface area contributed by atoms with E-state index in [-0.39, 0.29) is 5.91 Å². The van der Waals surface area contributed by atoms with Crippen molar-refractivity contribution in [3.8, 4) is 11.5 Å². The zero-order valence-corrected chi connectivity index (χ0v) is 14.8. The lowest BCUT2D eigenvalue weighted by atomic mass is 10.1. The van der Waals surface area contributed by atoms with Crippen LogP contribution in [-0.4, -0.2) is 40.8 Å². The van der Waals surface area contributed by atoms with Gasteiger partial charge in [-0.05, 0) is 19.4 Å². The molecule has 0 saturated heterocycles. The highest BCUT2D eigenvalue weighted by atomic mass is 35.5. The number of aromatic nitrogens is 2. The Hall–Kier alpha value is -2.21. The zero-order valence-electron chi connectivity index (χ0n) is 14.0. The standard InChI is InChI=1S/C17H20ClN3O3/c1-11-14(18)15(20(2)19-11)17(22)21-8-5-9-24-16-12(10-21)6-4-7-13(16)23-3/h4,6-7H,5,8-10H2,1-3H3. The van der Waals surface area contributed by atoms with Crippen LogP contribution in [0.3, 0.4) is 0 Å². The summed E-state index contributed by atoms with van der Waals surface area (Å²) >= 11 is 6.27. The summed E-state index contributed by atoms with van der Waals surface area (Å²) in [6.07, 6.45) is 0.734. The first-order valence-electron chi connectivity index (χ1n) is 7.80. The summed E-state index contributed by atoms with van der Waals surface area (Å²) in [5.74, 6) is 1.25. The lowest BCUT2D eigenvalue weighted by Gasteiger charge is -2.27. The molecule has 0 unspecified atom stereocenters. The van der Waals surface area contributed by atoms with Crippen molar-refractivity contribution >= 4 is 17.5 Å². The van der Waals surface area contributed by atoms with E-state index in [1.54, 1.807) is 30.7 Å². The normalized spacial score (nSPS) is 14.4. The smallest absolute Gasteiger partial charge is 0.273 e. The molecule has 0 spiro atoms. The van der Waals surface area contributed by atoms with Crippen molar-refractivity contribution in [3.05, 3.63) is 40.2 Å². The molecule has 1 aromatic heterocycles. The molecule has 3 rings (SSSR count). The van der Waals surface area contributed by atoms with Crippen LogP contribution >= 0.6 is 11.6 Å². The first-order valence-corrected chi connectivity index (χ1v) is 8.17. The molecule has 128 valence electrons. The van der Waals surface area contributed by atoms with Gasteiger partial charge in [0.25, 0.3) is 5.91 Å².